The standard InChI is InChI=1S/C16H14BrN3O3S/c1-2-13-19-20-14(21)8-12(18-16(20)24-13)9-23-15(22)7-10-3-5-11(17)6-4-10/h3-6,8H,2,7,9H2,1H3. The van der Waals surface area contributed by atoms with Crippen molar-refractivity contribution in [1.82, 2.24) is 14.6 Å². The summed E-state index contributed by atoms with van der Waals surface area (Å²) in [4.78, 5) is 28.8. The van der Waals surface area contributed by atoms with Gasteiger partial charge < -0.3 is 4.74 Å². The van der Waals surface area contributed by atoms with Crippen LogP contribution >= 0.6 is 27.3 Å². The predicted octanol–water partition coefficient (Wildman–Crippen LogP) is 2.76. The molecular weight excluding hydrogens is 394 g/mol. The highest BCUT2D eigenvalue weighted by Crippen LogP contribution is 2.13. The van der Waals surface area contributed by atoms with Gasteiger partial charge >= 0.3 is 5.97 Å². The Hall–Kier alpha value is -2.06. The van der Waals surface area contributed by atoms with Crippen LogP contribution in [0.4, 0.5) is 0 Å². The highest BCUT2D eigenvalue weighted by atomic mass is 79.9. The zero-order chi connectivity index (χ0) is 17.1. The number of carbonyl (C=O) groups excluding carboxylic acids is 1. The minimum absolute atomic E-state index is 0.0273. The molecule has 0 atom stereocenters. The van der Waals surface area contributed by atoms with E-state index in [4.69, 9.17) is 4.74 Å². The van der Waals surface area contributed by atoms with Gasteiger partial charge in [0.1, 0.15) is 11.6 Å². The number of nitrogens with zero attached hydrogens (tertiary/aromatic N) is 3. The van der Waals surface area contributed by atoms with Gasteiger partial charge in [0.2, 0.25) is 4.96 Å². The molecule has 0 N–H and O–H groups in total. The van der Waals surface area contributed by atoms with Crippen LogP contribution in [-0.4, -0.2) is 20.6 Å². The first-order valence-corrected chi connectivity index (χ1v) is 8.95. The van der Waals surface area contributed by atoms with E-state index in [-0.39, 0.29) is 24.6 Å². The summed E-state index contributed by atoms with van der Waals surface area (Å²) in [7, 11) is 0. The quantitative estimate of drug-likeness (QED) is 0.607. The van der Waals surface area contributed by atoms with Crippen molar-refractivity contribution in [2.45, 2.75) is 26.4 Å². The van der Waals surface area contributed by atoms with Gasteiger partial charge in [0.05, 0.1) is 12.1 Å². The summed E-state index contributed by atoms with van der Waals surface area (Å²) in [6.07, 6.45) is 0.917. The molecule has 0 saturated heterocycles. The number of fused-ring (bicyclic) bond motifs is 1. The lowest BCUT2D eigenvalue weighted by atomic mass is 10.2. The number of hydrogen-bond donors (Lipinski definition) is 0. The van der Waals surface area contributed by atoms with Crippen LogP contribution in [0.1, 0.15) is 23.2 Å². The number of aromatic nitrogens is 3. The van der Waals surface area contributed by atoms with E-state index >= 15 is 0 Å². The number of ether oxygens (including phenoxy) is 1. The summed E-state index contributed by atoms with van der Waals surface area (Å²) in [5.41, 5.74) is 1.02. The second-order valence-corrected chi connectivity index (χ2v) is 7.05. The van der Waals surface area contributed by atoms with Crippen LogP contribution in [0.15, 0.2) is 39.6 Å². The van der Waals surface area contributed by atoms with E-state index < -0.39 is 0 Å². The Bertz CT molecular complexity index is 934. The molecule has 6 nitrogen and oxygen atoms in total. The third-order valence-corrected chi connectivity index (χ3v) is 4.87. The summed E-state index contributed by atoms with van der Waals surface area (Å²) < 4.78 is 7.45. The number of hydrogen-bond acceptors (Lipinski definition) is 6. The van der Waals surface area contributed by atoms with Crippen LogP contribution in [0.3, 0.4) is 0 Å². The van der Waals surface area contributed by atoms with Gasteiger partial charge in [-0.2, -0.15) is 9.61 Å². The van der Waals surface area contributed by atoms with Gasteiger partial charge in [-0.05, 0) is 24.1 Å². The van der Waals surface area contributed by atoms with E-state index in [1.54, 1.807) is 0 Å². The molecule has 3 rings (SSSR count). The molecular formula is C16H14BrN3O3S. The van der Waals surface area contributed by atoms with Gasteiger partial charge in [0.25, 0.3) is 5.56 Å². The topological polar surface area (TPSA) is 73.6 Å². The smallest absolute Gasteiger partial charge is 0.310 e. The summed E-state index contributed by atoms with van der Waals surface area (Å²) in [6, 6.07) is 8.79. The largest absolute Gasteiger partial charge is 0.459 e. The highest BCUT2D eigenvalue weighted by molar-refractivity contribution is 9.10. The zero-order valence-corrected chi connectivity index (χ0v) is 15.3. The van der Waals surface area contributed by atoms with E-state index in [9.17, 15) is 9.59 Å². The SMILES string of the molecule is CCc1nn2c(=O)cc(COC(=O)Cc3ccc(Br)cc3)nc2s1. The molecule has 0 unspecified atom stereocenters. The molecule has 0 radical (unpaired) electrons. The van der Waals surface area contributed by atoms with E-state index in [1.165, 1.54) is 21.9 Å². The molecule has 0 aliphatic heterocycles. The van der Waals surface area contributed by atoms with Gasteiger partial charge in [0.15, 0.2) is 0 Å². The molecule has 3 aromatic rings. The van der Waals surface area contributed by atoms with Crippen LogP contribution in [0.25, 0.3) is 4.96 Å². The molecule has 0 bridgehead atoms. The number of aryl methyl sites for hydroxylation is 1. The molecule has 124 valence electrons. The Morgan fingerprint density at radius 2 is 2.08 bits per heavy atom. The summed E-state index contributed by atoms with van der Waals surface area (Å²) in [6.45, 7) is 1.94. The third-order valence-electron chi connectivity index (χ3n) is 3.29. The van der Waals surface area contributed by atoms with Crippen LogP contribution in [0, 0.1) is 0 Å². The lowest BCUT2D eigenvalue weighted by molar-refractivity contribution is -0.144. The second-order valence-electron chi connectivity index (χ2n) is 5.09. The second kappa shape index (κ2) is 7.23. The fourth-order valence-electron chi connectivity index (χ4n) is 2.09. The predicted molar refractivity (Wildman–Crippen MR) is 94.2 cm³/mol. The first-order chi connectivity index (χ1) is 11.5. The van der Waals surface area contributed by atoms with Crippen molar-refractivity contribution >= 4 is 38.2 Å². The molecule has 0 fully saturated rings. The van der Waals surface area contributed by atoms with E-state index in [0.29, 0.717) is 10.7 Å². The number of rotatable bonds is 5. The molecule has 2 aromatic heterocycles. The van der Waals surface area contributed by atoms with Gasteiger partial charge in [-0.1, -0.05) is 46.3 Å². The maximum absolute atomic E-state index is 12.0. The minimum atomic E-state index is -0.363. The van der Waals surface area contributed by atoms with Gasteiger partial charge in [-0.25, -0.2) is 4.98 Å². The normalized spacial score (nSPS) is 10.9. The van der Waals surface area contributed by atoms with Crippen molar-refractivity contribution < 1.29 is 9.53 Å². The van der Waals surface area contributed by atoms with E-state index in [1.807, 2.05) is 31.2 Å². The molecule has 8 heteroatoms. The maximum atomic E-state index is 12.0. The molecule has 0 aliphatic rings. The average molecular weight is 408 g/mol. The van der Waals surface area contributed by atoms with Gasteiger partial charge in [0, 0.05) is 10.5 Å². The highest BCUT2D eigenvalue weighted by Gasteiger charge is 2.10. The summed E-state index contributed by atoms with van der Waals surface area (Å²) in [5, 5.41) is 5.02. The Labute approximate surface area is 150 Å². The van der Waals surface area contributed by atoms with Crippen molar-refractivity contribution in [2.75, 3.05) is 0 Å². The van der Waals surface area contributed by atoms with Gasteiger partial charge in [-0.3, -0.25) is 9.59 Å². The van der Waals surface area contributed by atoms with Crippen molar-refractivity contribution in [2.24, 2.45) is 0 Å². The minimum Gasteiger partial charge on any atom is -0.459 e. The first kappa shape index (κ1) is 16.8. The molecule has 2 heterocycles. The molecule has 0 saturated carbocycles. The molecule has 0 amide bonds. The number of esters is 1. The maximum Gasteiger partial charge on any atom is 0.310 e. The number of halogens is 1. The molecule has 1 aromatic carbocycles. The Morgan fingerprint density at radius 1 is 1.33 bits per heavy atom. The summed E-state index contributed by atoms with van der Waals surface area (Å²) >= 11 is 4.71. The van der Waals surface area contributed by atoms with Crippen molar-refractivity contribution in [3.63, 3.8) is 0 Å². The average Bonchev–Trinajstić information content (AvgIpc) is 2.99. The Kier molecular flexibility index (Phi) is 5.06. The fraction of sp³-hybridized carbons (Fsp3) is 0.250. The number of benzene rings is 1. The zero-order valence-electron chi connectivity index (χ0n) is 12.9. The van der Waals surface area contributed by atoms with Crippen LogP contribution in [0.5, 0.6) is 0 Å². The molecule has 0 spiro atoms. The van der Waals surface area contributed by atoms with Gasteiger partial charge in [-0.15, -0.1) is 0 Å². The first-order valence-electron chi connectivity index (χ1n) is 7.34. The molecule has 0 aliphatic carbocycles. The van der Waals surface area contributed by atoms with Crippen molar-refractivity contribution in [3.05, 3.63) is 61.4 Å². The van der Waals surface area contributed by atoms with Crippen molar-refractivity contribution in [1.29, 1.82) is 0 Å². The van der Waals surface area contributed by atoms with E-state index in [2.05, 4.69) is 26.0 Å². The van der Waals surface area contributed by atoms with E-state index in [0.717, 1.165) is 21.5 Å². The van der Waals surface area contributed by atoms with Crippen LogP contribution in [0.2, 0.25) is 0 Å². The number of carbonyl (C=O) groups is 1. The Balaban J connectivity index is 1.67. The van der Waals surface area contributed by atoms with Crippen LogP contribution < -0.4 is 5.56 Å². The van der Waals surface area contributed by atoms with Crippen LogP contribution in [-0.2, 0) is 29.0 Å². The third kappa shape index (κ3) is 3.88. The Morgan fingerprint density at radius 3 is 2.79 bits per heavy atom. The monoisotopic (exact) mass is 407 g/mol. The lowest BCUT2D eigenvalue weighted by Crippen LogP contribution is -2.17. The van der Waals surface area contributed by atoms with Crippen molar-refractivity contribution in [3.8, 4) is 0 Å². The fourth-order valence-corrected chi connectivity index (χ4v) is 3.21. The lowest BCUT2D eigenvalue weighted by Gasteiger charge is -2.04. The molecule has 24 heavy (non-hydrogen) atoms. The summed E-state index contributed by atoms with van der Waals surface area (Å²) in [5.74, 6) is -0.363.